The van der Waals surface area contributed by atoms with E-state index in [1.165, 1.54) is 63.9 Å². The standard InChI is InChI=1S/C18H25ClFN/c19-14-10-11-18(16(20)12-14)21-17-9-5-4-8-15(17)13-6-2-1-3-7-13/h10-13,15,17,21H,1-9H2. The van der Waals surface area contributed by atoms with Crippen LogP contribution in [0.4, 0.5) is 10.1 Å². The highest BCUT2D eigenvalue weighted by Gasteiger charge is 2.32. The Morgan fingerprint density at radius 2 is 1.67 bits per heavy atom. The highest BCUT2D eigenvalue weighted by atomic mass is 35.5. The molecule has 21 heavy (non-hydrogen) atoms. The minimum Gasteiger partial charge on any atom is -0.380 e. The van der Waals surface area contributed by atoms with Gasteiger partial charge in [-0.15, -0.1) is 0 Å². The Labute approximate surface area is 132 Å². The average Bonchev–Trinajstić information content (AvgIpc) is 2.51. The summed E-state index contributed by atoms with van der Waals surface area (Å²) in [5.74, 6) is 1.33. The molecule has 1 nitrogen and oxygen atoms in total. The molecular formula is C18H25ClFN. The fourth-order valence-electron chi connectivity index (χ4n) is 4.27. The number of halogens is 2. The zero-order chi connectivity index (χ0) is 14.7. The molecule has 2 saturated carbocycles. The average molecular weight is 310 g/mol. The molecule has 0 aliphatic heterocycles. The third-order valence-electron chi connectivity index (χ3n) is 5.35. The number of hydrogen-bond acceptors (Lipinski definition) is 1. The van der Waals surface area contributed by atoms with Crippen LogP contribution in [0.3, 0.4) is 0 Å². The minimum atomic E-state index is -0.226. The van der Waals surface area contributed by atoms with Gasteiger partial charge < -0.3 is 5.32 Å². The monoisotopic (exact) mass is 309 g/mol. The lowest BCUT2D eigenvalue weighted by molar-refractivity contribution is 0.180. The highest BCUT2D eigenvalue weighted by molar-refractivity contribution is 6.30. The van der Waals surface area contributed by atoms with Gasteiger partial charge in [0.15, 0.2) is 0 Å². The van der Waals surface area contributed by atoms with Crippen molar-refractivity contribution in [2.75, 3.05) is 5.32 Å². The predicted molar refractivity (Wildman–Crippen MR) is 87.4 cm³/mol. The number of benzene rings is 1. The summed E-state index contributed by atoms with van der Waals surface area (Å²) in [6, 6.07) is 5.38. The molecule has 116 valence electrons. The third kappa shape index (κ3) is 3.71. The molecule has 0 bridgehead atoms. The molecule has 3 rings (SSSR count). The van der Waals surface area contributed by atoms with Gasteiger partial charge in [0, 0.05) is 11.1 Å². The van der Waals surface area contributed by atoms with E-state index in [9.17, 15) is 4.39 Å². The lowest BCUT2D eigenvalue weighted by Crippen LogP contribution is -2.37. The Morgan fingerprint density at radius 3 is 2.43 bits per heavy atom. The molecule has 2 aliphatic rings. The van der Waals surface area contributed by atoms with Gasteiger partial charge in [-0.05, 0) is 42.9 Å². The smallest absolute Gasteiger partial charge is 0.147 e. The molecule has 2 atom stereocenters. The van der Waals surface area contributed by atoms with Crippen LogP contribution in [0.25, 0.3) is 0 Å². The van der Waals surface area contributed by atoms with Crippen LogP contribution in [-0.2, 0) is 0 Å². The Morgan fingerprint density at radius 1 is 0.952 bits per heavy atom. The molecular weight excluding hydrogens is 285 g/mol. The van der Waals surface area contributed by atoms with E-state index >= 15 is 0 Å². The number of hydrogen-bond donors (Lipinski definition) is 1. The van der Waals surface area contributed by atoms with Crippen molar-refractivity contribution >= 4 is 17.3 Å². The normalized spacial score (nSPS) is 27.5. The van der Waals surface area contributed by atoms with Crippen LogP contribution >= 0.6 is 11.6 Å². The predicted octanol–water partition coefficient (Wildman–Crippen LogP) is 6.03. The largest absolute Gasteiger partial charge is 0.380 e. The SMILES string of the molecule is Fc1cc(Cl)ccc1NC1CCCCC1C1CCCCC1. The van der Waals surface area contributed by atoms with E-state index < -0.39 is 0 Å². The third-order valence-corrected chi connectivity index (χ3v) is 5.58. The molecule has 0 amide bonds. The van der Waals surface area contributed by atoms with E-state index in [-0.39, 0.29) is 5.82 Å². The van der Waals surface area contributed by atoms with Crippen molar-refractivity contribution in [3.63, 3.8) is 0 Å². The van der Waals surface area contributed by atoms with Gasteiger partial charge in [-0.3, -0.25) is 0 Å². The summed E-state index contributed by atoms with van der Waals surface area (Å²) in [5.41, 5.74) is 0.618. The molecule has 2 fully saturated rings. The van der Waals surface area contributed by atoms with Gasteiger partial charge in [0.2, 0.25) is 0 Å². The maximum atomic E-state index is 14.0. The molecule has 2 unspecified atom stereocenters. The molecule has 0 radical (unpaired) electrons. The van der Waals surface area contributed by atoms with Crippen LogP contribution in [0.1, 0.15) is 57.8 Å². The molecule has 2 aliphatic carbocycles. The first-order valence-corrected chi connectivity index (χ1v) is 8.83. The van der Waals surface area contributed by atoms with Gasteiger partial charge in [-0.2, -0.15) is 0 Å². The van der Waals surface area contributed by atoms with Crippen LogP contribution in [0, 0.1) is 17.7 Å². The lowest BCUT2D eigenvalue weighted by Gasteiger charge is -2.39. The number of nitrogens with one attached hydrogen (secondary N) is 1. The Hall–Kier alpha value is -0.760. The first-order valence-electron chi connectivity index (χ1n) is 8.45. The van der Waals surface area contributed by atoms with Crippen molar-refractivity contribution in [2.45, 2.75) is 63.8 Å². The van der Waals surface area contributed by atoms with E-state index in [0.29, 0.717) is 22.7 Å². The minimum absolute atomic E-state index is 0.226. The van der Waals surface area contributed by atoms with Gasteiger partial charge >= 0.3 is 0 Å². The summed E-state index contributed by atoms with van der Waals surface area (Å²) >= 11 is 5.84. The van der Waals surface area contributed by atoms with Gasteiger partial charge in [0.05, 0.1) is 5.69 Å². The van der Waals surface area contributed by atoms with Crippen molar-refractivity contribution in [2.24, 2.45) is 11.8 Å². The molecule has 0 aromatic heterocycles. The van der Waals surface area contributed by atoms with Crippen LogP contribution in [0.5, 0.6) is 0 Å². The summed E-state index contributed by atoms with van der Waals surface area (Å²) in [6.45, 7) is 0. The molecule has 1 N–H and O–H groups in total. The molecule has 1 aromatic carbocycles. The zero-order valence-corrected chi connectivity index (χ0v) is 13.3. The Bertz CT molecular complexity index is 470. The maximum absolute atomic E-state index is 14.0. The second kappa shape index (κ2) is 7.00. The molecule has 1 aromatic rings. The fourth-order valence-corrected chi connectivity index (χ4v) is 4.43. The van der Waals surface area contributed by atoms with Gasteiger partial charge in [0.25, 0.3) is 0 Å². The van der Waals surface area contributed by atoms with E-state index in [4.69, 9.17) is 11.6 Å². The molecule has 0 saturated heterocycles. The Kier molecular flexibility index (Phi) is 5.05. The van der Waals surface area contributed by atoms with E-state index in [2.05, 4.69) is 5.32 Å². The van der Waals surface area contributed by atoms with Gasteiger partial charge in [-0.1, -0.05) is 56.5 Å². The number of rotatable bonds is 3. The first kappa shape index (κ1) is 15.1. The number of anilines is 1. The van der Waals surface area contributed by atoms with Gasteiger partial charge in [-0.25, -0.2) is 4.39 Å². The molecule has 0 heterocycles. The van der Waals surface area contributed by atoms with Crippen LogP contribution < -0.4 is 5.32 Å². The summed E-state index contributed by atoms with van der Waals surface area (Å²) in [7, 11) is 0. The molecule has 0 spiro atoms. The van der Waals surface area contributed by atoms with Crippen molar-refractivity contribution in [3.05, 3.63) is 29.0 Å². The Balaban J connectivity index is 1.71. The van der Waals surface area contributed by atoms with E-state index in [0.717, 1.165) is 5.92 Å². The summed E-state index contributed by atoms with van der Waals surface area (Å²) in [6.07, 6.45) is 12.0. The quantitative estimate of drug-likeness (QED) is 0.718. The van der Waals surface area contributed by atoms with Crippen molar-refractivity contribution in [1.29, 1.82) is 0 Å². The summed E-state index contributed by atoms with van der Waals surface area (Å²) < 4.78 is 14.0. The zero-order valence-electron chi connectivity index (χ0n) is 12.6. The second-order valence-corrected chi connectivity index (χ2v) is 7.16. The van der Waals surface area contributed by atoms with Crippen molar-refractivity contribution < 1.29 is 4.39 Å². The van der Waals surface area contributed by atoms with Gasteiger partial charge in [0.1, 0.15) is 5.82 Å². The maximum Gasteiger partial charge on any atom is 0.147 e. The molecule has 3 heteroatoms. The van der Waals surface area contributed by atoms with Crippen LogP contribution in [0.2, 0.25) is 5.02 Å². The van der Waals surface area contributed by atoms with Crippen molar-refractivity contribution in [3.8, 4) is 0 Å². The van der Waals surface area contributed by atoms with Crippen LogP contribution in [0.15, 0.2) is 18.2 Å². The first-order chi connectivity index (χ1) is 10.2. The van der Waals surface area contributed by atoms with E-state index in [1.807, 2.05) is 0 Å². The highest BCUT2D eigenvalue weighted by Crippen LogP contribution is 2.39. The summed E-state index contributed by atoms with van der Waals surface area (Å²) in [4.78, 5) is 0. The second-order valence-electron chi connectivity index (χ2n) is 6.72. The van der Waals surface area contributed by atoms with E-state index in [1.54, 1.807) is 12.1 Å². The fraction of sp³-hybridized carbons (Fsp3) is 0.667. The van der Waals surface area contributed by atoms with Crippen LogP contribution in [-0.4, -0.2) is 6.04 Å². The lowest BCUT2D eigenvalue weighted by atomic mass is 9.71. The topological polar surface area (TPSA) is 12.0 Å². The van der Waals surface area contributed by atoms with Crippen molar-refractivity contribution in [1.82, 2.24) is 0 Å². The summed E-state index contributed by atoms with van der Waals surface area (Å²) in [5, 5.41) is 3.95.